The average molecular weight is 681 g/mol. The number of nitrogens with zero attached hydrogens (tertiary/aromatic N) is 2. The van der Waals surface area contributed by atoms with E-state index in [1.807, 2.05) is 0 Å². The van der Waals surface area contributed by atoms with Crippen molar-refractivity contribution in [3.8, 4) is 27.9 Å². The lowest BCUT2D eigenvalue weighted by Crippen LogP contribution is -2.17. The highest BCUT2D eigenvalue weighted by molar-refractivity contribution is 6.09. The third-order valence-corrected chi connectivity index (χ3v) is 11.6. The van der Waals surface area contributed by atoms with Gasteiger partial charge in [-0.2, -0.15) is 0 Å². The third-order valence-electron chi connectivity index (χ3n) is 11.6. The fraction of sp³-hybridized carbons (Fsp3) is 0.0980. The number of anilines is 3. The first-order valence-corrected chi connectivity index (χ1v) is 18.6. The number of benzene rings is 8. The van der Waals surface area contributed by atoms with Crippen LogP contribution in [0.5, 0.6) is 0 Å². The van der Waals surface area contributed by atoms with Crippen molar-refractivity contribution in [1.82, 2.24) is 4.57 Å². The quantitative estimate of drug-likeness (QED) is 0.176. The standard InChI is InChI=1S/C51H40N2/c1-33-29-38(37-22-21-35-13-5-6-14-36(35)31-37)30-34(2)50(33)52(41-27-28-43-42-15-7-10-18-46(42)51(3,4)47(43)32-41)39-23-25-40(26-24-39)53-48-19-11-8-16-44(48)45-17-9-12-20-49(45)53/h5-32H,1-4H3. The van der Waals surface area contributed by atoms with E-state index in [1.54, 1.807) is 0 Å². The van der Waals surface area contributed by atoms with Gasteiger partial charge in [-0.3, -0.25) is 0 Å². The molecule has 1 aliphatic rings. The van der Waals surface area contributed by atoms with E-state index in [0.29, 0.717) is 0 Å². The van der Waals surface area contributed by atoms with Crippen molar-refractivity contribution in [1.29, 1.82) is 0 Å². The molecule has 0 saturated carbocycles. The molecule has 0 N–H and O–H groups in total. The largest absolute Gasteiger partial charge is 0.310 e. The zero-order valence-corrected chi connectivity index (χ0v) is 30.6. The summed E-state index contributed by atoms with van der Waals surface area (Å²) in [7, 11) is 0. The highest BCUT2D eigenvalue weighted by Crippen LogP contribution is 2.51. The molecule has 8 aromatic carbocycles. The van der Waals surface area contributed by atoms with Gasteiger partial charge in [-0.05, 0) is 136 Å². The molecule has 254 valence electrons. The lowest BCUT2D eigenvalue weighted by Gasteiger charge is -2.31. The van der Waals surface area contributed by atoms with Crippen molar-refractivity contribution in [3.63, 3.8) is 0 Å². The Morgan fingerprint density at radius 1 is 0.453 bits per heavy atom. The lowest BCUT2D eigenvalue weighted by molar-refractivity contribution is 0.660. The first-order chi connectivity index (χ1) is 25.9. The van der Waals surface area contributed by atoms with Crippen molar-refractivity contribution >= 4 is 49.6 Å². The van der Waals surface area contributed by atoms with Crippen LogP contribution in [0.2, 0.25) is 0 Å². The monoisotopic (exact) mass is 680 g/mol. The van der Waals surface area contributed by atoms with E-state index in [9.17, 15) is 0 Å². The predicted octanol–water partition coefficient (Wildman–Crippen LogP) is 14.0. The molecule has 0 aliphatic heterocycles. The molecule has 53 heavy (non-hydrogen) atoms. The van der Waals surface area contributed by atoms with Crippen LogP contribution in [-0.2, 0) is 5.41 Å². The van der Waals surface area contributed by atoms with Gasteiger partial charge < -0.3 is 9.47 Å². The van der Waals surface area contributed by atoms with E-state index in [-0.39, 0.29) is 5.41 Å². The van der Waals surface area contributed by atoms with Gasteiger partial charge in [-0.15, -0.1) is 0 Å². The van der Waals surface area contributed by atoms with E-state index in [1.165, 1.54) is 88.5 Å². The summed E-state index contributed by atoms with van der Waals surface area (Å²) in [6.45, 7) is 9.25. The molecule has 0 bridgehead atoms. The van der Waals surface area contributed by atoms with Gasteiger partial charge in [-0.1, -0.05) is 117 Å². The first kappa shape index (κ1) is 31.4. The Morgan fingerprint density at radius 2 is 1.04 bits per heavy atom. The molecule has 0 fully saturated rings. The van der Waals surface area contributed by atoms with Gasteiger partial charge in [0.15, 0.2) is 0 Å². The maximum atomic E-state index is 2.48. The van der Waals surface area contributed by atoms with Gasteiger partial charge in [-0.25, -0.2) is 0 Å². The average Bonchev–Trinajstić information content (AvgIpc) is 3.64. The smallest absolute Gasteiger partial charge is 0.0541 e. The van der Waals surface area contributed by atoms with E-state index in [0.717, 1.165) is 11.4 Å². The van der Waals surface area contributed by atoms with Crippen LogP contribution in [0, 0.1) is 13.8 Å². The second-order valence-corrected chi connectivity index (χ2v) is 15.1. The number of fused-ring (bicyclic) bond motifs is 7. The van der Waals surface area contributed by atoms with Crippen molar-refractivity contribution in [2.75, 3.05) is 4.90 Å². The molecule has 10 rings (SSSR count). The summed E-state index contributed by atoms with van der Waals surface area (Å²) in [5.74, 6) is 0. The van der Waals surface area contributed by atoms with Crippen molar-refractivity contribution in [3.05, 3.63) is 192 Å². The Bertz CT molecular complexity index is 2810. The molecule has 2 nitrogen and oxygen atoms in total. The molecule has 0 unspecified atom stereocenters. The molecule has 0 amide bonds. The van der Waals surface area contributed by atoms with Crippen LogP contribution in [0.1, 0.15) is 36.1 Å². The van der Waals surface area contributed by atoms with Crippen LogP contribution in [-0.4, -0.2) is 4.57 Å². The molecule has 1 aliphatic carbocycles. The Balaban J connectivity index is 1.14. The van der Waals surface area contributed by atoms with Gasteiger partial charge in [0.1, 0.15) is 0 Å². The zero-order chi connectivity index (χ0) is 35.8. The second kappa shape index (κ2) is 11.8. The SMILES string of the molecule is Cc1cc(-c2ccc3ccccc3c2)cc(C)c1N(c1ccc(-n2c3ccccc3c3ccccc32)cc1)c1ccc2c(c1)C(C)(C)c1ccccc1-2. The summed E-state index contributed by atoms with van der Waals surface area (Å²) in [5, 5.41) is 5.07. The number of aromatic nitrogens is 1. The molecule has 0 spiro atoms. The van der Waals surface area contributed by atoms with Gasteiger partial charge >= 0.3 is 0 Å². The lowest BCUT2D eigenvalue weighted by atomic mass is 9.82. The fourth-order valence-electron chi connectivity index (χ4n) is 9.03. The summed E-state index contributed by atoms with van der Waals surface area (Å²) in [6, 6.07) is 62.7. The summed E-state index contributed by atoms with van der Waals surface area (Å²) in [6.07, 6.45) is 0. The molecule has 1 heterocycles. The number of rotatable bonds is 5. The van der Waals surface area contributed by atoms with Crippen molar-refractivity contribution < 1.29 is 0 Å². The van der Waals surface area contributed by atoms with Gasteiger partial charge in [0.25, 0.3) is 0 Å². The maximum Gasteiger partial charge on any atom is 0.0541 e. The minimum absolute atomic E-state index is 0.0992. The highest BCUT2D eigenvalue weighted by atomic mass is 15.1. The van der Waals surface area contributed by atoms with Crippen LogP contribution >= 0.6 is 0 Å². The third kappa shape index (κ3) is 4.86. The van der Waals surface area contributed by atoms with E-state index >= 15 is 0 Å². The van der Waals surface area contributed by atoms with Gasteiger partial charge in [0.05, 0.1) is 16.7 Å². The molecular weight excluding hydrogens is 641 g/mol. The molecule has 0 saturated heterocycles. The van der Waals surface area contributed by atoms with Crippen molar-refractivity contribution in [2.24, 2.45) is 0 Å². The van der Waals surface area contributed by atoms with Gasteiger partial charge in [0, 0.05) is 33.2 Å². The van der Waals surface area contributed by atoms with Crippen LogP contribution in [0.4, 0.5) is 17.1 Å². The zero-order valence-electron chi connectivity index (χ0n) is 30.6. The fourth-order valence-corrected chi connectivity index (χ4v) is 9.03. The van der Waals surface area contributed by atoms with Crippen LogP contribution in [0.3, 0.4) is 0 Å². The van der Waals surface area contributed by atoms with Crippen LogP contribution < -0.4 is 4.90 Å². The molecule has 0 radical (unpaired) electrons. The molecule has 0 atom stereocenters. The van der Waals surface area contributed by atoms with E-state index < -0.39 is 0 Å². The first-order valence-electron chi connectivity index (χ1n) is 18.6. The van der Waals surface area contributed by atoms with E-state index in [4.69, 9.17) is 0 Å². The summed E-state index contributed by atoms with van der Waals surface area (Å²) >= 11 is 0. The Labute approximate surface area is 311 Å². The van der Waals surface area contributed by atoms with Crippen LogP contribution in [0.15, 0.2) is 170 Å². The van der Waals surface area contributed by atoms with Gasteiger partial charge in [0.2, 0.25) is 0 Å². The Kier molecular flexibility index (Phi) is 7.00. The molecular formula is C51H40N2. The Hall–Kier alpha value is -6.38. The Morgan fingerprint density at radius 3 is 1.75 bits per heavy atom. The maximum absolute atomic E-state index is 2.48. The summed E-state index contributed by atoms with van der Waals surface area (Å²) < 4.78 is 2.39. The highest BCUT2D eigenvalue weighted by Gasteiger charge is 2.36. The second-order valence-electron chi connectivity index (χ2n) is 15.1. The minimum Gasteiger partial charge on any atom is -0.310 e. The number of para-hydroxylation sites is 2. The molecule has 2 heteroatoms. The summed E-state index contributed by atoms with van der Waals surface area (Å²) in [5.41, 5.74) is 17.4. The summed E-state index contributed by atoms with van der Waals surface area (Å²) in [4.78, 5) is 2.48. The predicted molar refractivity (Wildman–Crippen MR) is 225 cm³/mol. The number of hydrogen-bond acceptors (Lipinski definition) is 1. The molecule has 9 aromatic rings. The minimum atomic E-state index is -0.0992. The van der Waals surface area contributed by atoms with E-state index in [2.05, 4.69) is 207 Å². The molecule has 1 aromatic heterocycles. The number of aryl methyl sites for hydroxylation is 2. The number of hydrogen-bond donors (Lipinski definition) is 0. The van der Waals surface area contributed by atoms with Crippen LogP contribution in [0.25, 0.3) is 60.5 Å². The topological polar surface area (TPSA) is 8.17 Å². The normalized spacial score (nSPS) is 13.1. The van der Waals surface area contributed by atoms with Crippen molar-refractivity contribution in [2.45, 2.75) is 33.1 Å².